The molecule has 0 radical (unpaired) electrons. The Morgan fingerprint density at radius 2 is 2.45 bits per heavy atom. The van der Waals surface area contributed by atoms with E-state index in [-0.39, 0.29) is 5.92 Å². The lowest BCUT2D eigenvalue weighted by Gasteiger charge is -1.97. The third kappa shape index (κ3) is 1.96. The van der Waals surface area contributed by atoms with Gasteiger partial charge in [-0.3, -0.25) is 0 Å². The number of rotatable bonds is 3. The maximum absolute atomic E-state index is 10.2. The fraction of sp³-hybridized carbons (Fsp3) is 0.429. The Hall–Kier alpha value is -0.500. The molecule has 0 heterocycles. The van der Waals surface area contributed by atoms with Crippen LogP contribution in [-0.4, -0.2) is 10.4 Å². The van der Waals surface area contributed by atoms with E-state index in [0.717, 1.165) is 6.42 Å². The van der Waals surface area contributed by atoms with E-state index in [2.05, 4.69) is 6.58 Å². The molecule has 0 spiro atoms. The monoisotopic (exact) mass is 172 g/mol. The van der Waals surface area contributed by atoms with Crippen molar-refractivity contribution in [3.8, 4) is 0 Å². The van der Waals surface area contributed by atoms with Crippen LogP contribution in [0.4, 0.5) is 0 Å². The predicted molar refractivity (Wildman–Crippen MR) is 44.2 cm³/mol. The van der Waals surface area contributed by atoms with Crippen LogP contribution in [0.25, 0.3) is 0 Å². The zero-order valence-corrected chi connectivity index (χ0v) is 7.00. The molecule has 0 aromatic carbocycles. The lowest BCUT2D eigenvalue weighted by Crippen LogP contribution is -2.20. The maximum Gasteiger partial charge on any atom is 0.537 e. The normalized spacial score (nSPS) is 37.3. The topological polar surface area (TPSA) is 63.3 Å². The van der Waals surface area contributed by atoms with Crippen LogP contribution in [0.3, 0.4) is 0 Å². The highest BCUT2D eigenvalue weighted by atomic mass is 31.1. The molecule has 0 aliphatic heterocycles. The summed E-state index contributed by atoms with van der Waals surface area (Å²) in [6.45, 7) is 3.60. The maximum atomic E-state index is 10.2. The fourth-order valence-corrected chi connectivity index (χ4v) is 1.42. The van der Waals surface area contributed by atoms with Gasteiger partial charge in [0.05, 0.1) is 0 Å². The Bertz CT molecular complexity index is 226. The van der Waals surface area contributed by atoms with Crippen LogP contribution < -0.4 is 5.73 Å². The van der Waals surface area contributed by atoms with Crippen LogP contribution in [0.5, 0.6) is 0 Å². The summed E-state index contributed by atoms with van der Waals surface area (Å²) in [7, 11) is -2.19. The lowest BCUT2D eigenvalue weighted by atomic mass is 10.2. The van der Waals surface area contributed by atoms with E-state index in [4.69, 9.17) is 10.6 Å². The molecule has 60 valence electrons. The molecule has 1 fully saturated rings. The standard InChI is InChI=1S/C7H10NO2P/c1-2-6-5-7(6,8)3-4-11(9)10/h2-4,6H,1,5,8H2/p+1/t6-,7-/m0/s1. The Labute approximate surface area is 66.5 Å². The summed E-state index contributed by atoms with van der Waals surface area (Å²) >= 11 is 0. The zero-order valence-electron chi connectivity index (χ0n) is 6.10. The SMILES string of the molecule is C=C[C@H]1C[C@@]1(N)C=C[P+](=O)O. The highest BCUT2D eigenvalue weighted by Gasteiger charge is 2.47. The smallest absolute Gasteiger partial charge is 0.321 e. The van der Waals surface area contributed by atoms with E-state index in [1.165, 1.54) is 5.82 Å². The Morgan fingerprint density at radius 3 is 2.82 bits per heavy atom. The van der Waals surface area contributed by atoms with Crippen LogP contribution in [0.1, 0.15) is 6.42 Å². The van der Waals surface area contributed by atoms with Crippen LogP contribution >= 0.6 is 8.03 Å². The molecule has 3 N–H and O–H groups in total. The van der Waals surface area contributed by atoms with Gasteiger partial charge in [0.25, 0.3) is 0 Å². The molecule has 1 rings (SSSR count). The molecule has 0 aromatic heterocycles. The molecule has 1 saturated carbocycles. The quantitative estimate of drug-likeness (QED) is 0.495. The van der Waals surface area contributed by atoms with Gasteiger partial charge in [0.1, 0.15) is 0 Å². The molecule has 0 amide bonds. The van der Waals surface area contributed by atoms with E-state index in [1.807, 2.05) is 0 Å². The molecule has 3 atom stereocenters. The van der Waals surface area contributed by atoms with Gasteiger partial charge in [-0.25, -0.2) is 0 Å². The van der Waals surface area contributed by atoms with Crippen molar-refractivity contribution in [3.63, 3.8) is 0 Å². The second-order valence-electron chi connectivity index (χ2n) is 2.78. The minimum absolute atomic E-state index is 0.272. The first-order valence-corrected chi connectivity index (χ1v) is 4.63. The van der Waals surface area contributed by atoms with Gasteiger partial charge in [-0.15, -0.1) is 6.58 Å². The van der Waals surface area contributed by atoms with Crippen LogP contribution in [0.2, 0.25) is 0 Å². The summed E-state index contributed by atoms with van der Waals surface area (Å²) in [6.07, 6.45) is 4.20. The molecule has 3 nitrogen and oxygen atoms in total. The van der Waals surface area contributed by atoms with E-state index >= 15 is 0 Å². The first-order chi connectivity index (χ1) is 5.08. The largest absolute Gasteiger partial charge is 0.537 e. The molecule has 0 aromatic rings. The molecule has 1 aliphatic carbocycles. The van der Waals surface area contributed by atoms with Gasteiger partial charge in [-0.05, 0) is 17.1 Å². The van der Waals surface area contributed by atoms with Crippen LogP contribution in [0, 0.1) is 5.92 Å². The fourth-order valence-electron chi connectivity index (χ4n) is 1.02. The van der Waals surface area contributed by atoms with E-state index in [0.29, 0.717) is 0 Å². The summed E-state index contributed by atoms with van der Waals surface area (Å²) < 4.78 is 10.2. The van der Waals surface area contributed by atoms with Gasteiger partial charge in [-0.1, -0.05) is 6.08 Å². The van der Waals surface area contributed by atoms with Crippen LogP contribution in [-0.2, 0) is 4.57 Å². The van der Waals surface area contributed by atoms with Crippen molar-refractivity contribution in [3.05, 3.63) is 24.5 Å². The second kappa shape index (κ2) is 2.86. The summed E-state index contributed by atoms with van der Waals surface area (Å²) in [5, 5.41) is 0. The third-order valence-electron chi connectivity index (χ3n) is 1.90. The van der Waals surface area contributed by atoms with Crippen molar-refractivity contribution in [2.24, 2.45) is 11.7 Å². The summed E-state index contributed by atoms with van der Waals surface area (Å²) in [6, 6.07) is 0. The number of nitrogens with two attached hydrogens (primary N) is 1. The average Bonchev–Trinajstić information content (AvgIpc) is 2.59. The van der Waals surface area contributed by atoms with E-state index in [1.54, 1.807) is 12.2 Å². The second-order valence-corrected chi connectivity index (χ2v) is 3.68. The summed E-state index contributed by atoms with van der Waals surface area (Å²) in [5.41, 5.74) is 5.36. The van der Waals surface area contributed by atoms with Crippen molar-refractivity contribution in [2.45, 2.75) is 12.0 Å². The Balaban J connectivity index is 2.51. The molecule has 11 heavy (non-hydrogen) atoms. The van der Waals surface area contributed by atoms with Gasteiger partial charge in [0.2, 0.25) is 0 Å². The number of hydrogen-bond donors (Lipinski definition) is 2. The molecule has 1 unspecified atom stereocenters. The van der Waals surface area contributed by atoms with Crippen molar-refractivity contribution >= 4 is 8.03 Å². The van der Waals surface area contributed by atoms with Crippen LogP contribution in [0.15, 0.2) is 24.5 Å². The first kappa shape index (κ1) is 8.60. The molecular formula is C7H11NO2P+. The molecule has 0 saturated heterocycles. The van der Waals surface area contributed by atoms with Gasteiger partial charge >= 0.3 is 8.03 Å². The molecular weight excluding hydrogens is 161 g/mol. The minimum atomic E-state index is -2.19. The Morgan fingerprint density at radius 1 is 1.82 bits per heavy atom. The highest BCUT2D eigenvalue weighted by Crippen LogP contribution is 2.43. The molecule has 4 heteroatoms. The van der Waals surface area contributed by atoms with Crippen molar-refractivity contribution < 1.29 is 9.46 Å². The van der Waals surface area contributed by atoms with Crippen molar-refractivity contribution in [1.29, 1.82) is 0 Å². The molecule has 1 aliphatic rings. The Kier molecular flexibility index (Phi) is 2.23. The predicted octanol–water partition coefficient (Wildman–Crippen LogP) is 1.14. The van der Waals surface area contributed by atoms with Gasteiger partial charge in [0.15, 0.2) is 5.82 Å². The average molecular weight is 172 g/mol. The van der Waals surface area contributed by atoms with Crippen molar-refractivity contribution in [2.75, 3.05) is 0 Å². The van der Waals surface area contributed by atoms with E-state index in [9.17, 15) is 4.57 Å². The number of hydrogen-bond acceptors (Lipinski definition) is 2. The summed E-state index contributed by atoms with van der Waals surface area (Å²) in [5.74, 6) is 1.51. The van der Waals surface area contributed by atoms with Gasteiger partial charge in [0, 0.05) is 11.5 Å². The third-order valence-corrected chi connectivity index (χ3v) is 2.30. The summed E-state index contributed by atoms with van der Waals surface area (Å²) in [4.78, 5) is 8.44. The van der Waals surface area contributed by atoms with E-state index < -0.39 is 13.6 Å². The first-order valence-electron chi connectivity index (χ1n) is 3.34. The lowest BCUT2D eigenvalue weighted by molar-refractivity contribution is 0.512. The van der Waals surface area contributed by atoms with Gasteiger partial charge < -0.3 is 5.73 Å². The van der Waals surface area contributed by atoms with Crippen molar-refractivity contribution in [1.82, 2.24) is 0 Å². The minimum Gasteiger partial charge on any atom is -0.321 e. The van der Waals surface area contributed by atoms with Gasteiger partial charge in [-0.2, -0.15) is 4.89 Å². The highest BCUT2D eigenvalue weighted by molar-refractivity contribution is 7.41. The zero-order chi connectivity index (χ0) is 8.48. The molecule has 0 bridgehead atoms.